The van der Waals surface area contributed by atoms with Gasteiger partial charge in [0.15, 0.2) is 0 Å². The van der Waals surface area contributed by atoms with Gasteiger partial charge in [-0.3, -0.25) is 0 Å². The Labute approximate surface area is 277 Å². The van der Waals surface area contributed by atoms with Crippen molar-refractivity contribution in [2.24, 2.45) is 5.41 Å². The maximum atomic E-state index is 8.80. The summed E-state index contributed by atoms with van der Waals surface area (Å²) in [6, 6.07) is 30.6. The summed E-state index contributed by atoms with van der Waals surface area (Å²) in [4.78, 5) is 8.59. The minimum Gasteiger partial charge on any atom is -0.583 e. The van der Waals surface area contributed by atoms with Gasteiger partial charge in [-0.15, -0.1) is 54.1 Å². The first-order chi connectivity index (χ1) is 22.7. The molecule has 0 unspecified atom stereocenters. The first kappa shape index (κ1) is 22.2. The number of hydrogen-bond donors (Lipinski definition) is 0. The van der Waals surface area contributed by atoms with Crippen LogP contribution < -0.4 is 9.61 Å². The van der Waals surface area contributed by atoms with Crippen LogP contribution in [0, 0.1) is 31.3 Å². The van der Waals surface area contributed by atoms with E-state index in [0.29, 0.717) is 17.0 Å². The number of aryl methyl sites for hydroxylation is 2. The maximum absolute atomic E-state index is 8.80. The minimum atomic E-state index is -2.48. The van der Waals surface area contributed by atoms with Crippen LogP contribution in [0.3, 0.4) is 0 Å². The van der Waals surface area contributed by atoms with Gasteiger partial charge < -0.3 is 14.4 Å². The summed E-state index contributed by atoms with van der Waals surface area (Å²) in [5.41, 5.74) is 4.20. The molecule has 0 N–H and O–H groups in total. The molecule has 42 heavy (non-hydrogen) atoms. The molecule has 0 spiro atoms. The molecule has 1 aliphatic rings. The standard InChI is InChI=1S/C25H28NOSi.C12H10N.Ir/c1-17-16-26-22(14-18(17)15-25(2,3)4)21-12-9-11-20-19-10-7-8-13-23(19)28(5,6)27-24(20)21;1-10-7-8-12(13-9-10)11-5-3-2-4-6-11;/h7-11,13-14,16H,15H2,1-6H3;2-5,7-9H,1H3;/q2*-1;/i1D3,15D2;1D3;. The number of pyridine rings is 2. The van der Waals surface area contributed by atoms with Crippen molar-refractivity contribution in [3.05, 3.63) is 120 Å². The molecule has 0 bridgehead atoms. The molecular weight excluding hydrogens is 709 g/mol. The van der Waals surface area contributed by atoms with Gasteiger partial charge in [0.05, 0.1) is 0 Å². The largest absolute Gasteiger partial charge is 0.583 e. The average Bonchev–Trinajstić information content (AvgIpc) is 3.04. The molecule has 0 saturated carbocycles. The maximum Gasteiger partial charge on any atom is 0.264 e. The molecule has 0 saturated heterocycles. The predicted molar refractivity (Wildman–Crippen MR) is 173 cm³/mol. The van der Waals surface area contributed by atoms with E-state index in [1.807, 2.05) is 42.5 Å². The number of benzene rings is 3. The quantitative estimate of drug-likeness (QED) is 0.137. The fourth-order valence-corrected chi connectivity index (χ4v) is 6.95. The third-order valence-electron chi connectivity index (χ3n) is 6.59. The van der Waals surface area contributed by atoms with Gasteiger partial charge in [0, 0.05) is 49.2 Å². The molecule has 5 aromatic rings. The zero-order valence-electron chi connectivity index (χ0n) is 32.3. The molecule has 3 heterocycles. The van der Waals surface area contributed by atoms with E-state index in [2.05, 4.69) is 47.3 Å². The molecule has 3 aromatic carbocycles. The summed E-state index contributed by atoms with van der Waals surface area (Å²) < 4.78 is 69.8. The van der Waals surface area contributed by atoms with Crippen molar-refractivity contribution in [1.29, 1.82) is 0 Å². The van der Waals surface area contributed by atoms with E-state index in [-0.39, 0.29) is 36.8 Å². The van der Waals surface area contributed by atoms with Crippen molar-refractivity contribution in [1.82, 2.24) is 9.97 Å². The van der Waals surface area contributed by atoms with Gasteiger partial charge in [-0.2, -0.15) is 0 Å². The number of aromatic nitrogens is 2. The van der Waals surface area contributed by atoms with Gasteiger partial charge in [-0.05, 0) is 71.9 Å². The Kier molecular flexibility index (Phi) is 6.80. The smallest absolute Gasteiger partial charge is 0.264 e. The average molecular weight is 755 g/mol. The van der Waals surface area contributed by atoms with Gasteiger partial charge in [0.2, 0.25) is 0 Å². The van der Waals surface area contributed by atoms with Crippen molar-refractivity contribution >= 4 is 13.5 Å². The van der Waals surface area contributed by atoms with E-state index >= 15 is 0 Å². The topological polar surface area (TPSA) is 35.0 Å². The first-order valence-corrected chi connectivity index (χ1v) is 16.4. The van der Waals surface area contributed by atoms with Crippen LogP contribution >= 0.6 is 0 Å². The van der Waals surface area contributed by atoms with Crippen LogP contribution in [-0.4, -0.2) is 18.3 Å². The number of hydrogen-bond acceptors (Lipinski definition) is 3. The molecule has 3 nitrogen and oxygen atoms in total. The summed E-state index contributed by atoms with van der Waals surface area (Å²) in [7, 11) is -2.26. The van der Waals surface area contributed by atoms with Crippen LogP contribution in [0.5, 0.6) is 5.75 Å². The molecule has 217 valence electrons. The van der Waals surface area contributed by atoms with Crippen LogP contribution in [-0.2, 0) is 26.5 Å². The zero-order chi connectivity index (χ0) is 36.0. The fraction of sp³-hybridized carbons (Fsp3) is 0.243. The number of rotatable bonds is 3. The van der Waals surface area contributed by atoms with Crippen molar-refractivity contribution in [2.45, 2.75) is 53.9 Å². The second-order valence-corrected chi connectivity index (χ2v) is 15.2. The van der Waals surface area contributed by atoms with E-state index in [9.17, 15) is 0 Å². The number of fused-ring (bicyclic) bond motifs is 3. The molecule has 2 aromatic heterocycles. The van der Waals surface area contributed by atoms with Gasteiger partial charge in [-0.25, -0.2) is 0 Å². The molecule has 6 rings (SSSR count). The van der Waals surface area contributed by atoms with E-state index in [0.717, 1.165) is 22.4 Å². The van der Waals surface area contributed by atoms with Gasteiger partial charge in [0.1, 0.15) is 0 Å². The molecule has 1 radical (unpaired) electrons. The van der Waals surface area contributed by atoms with Crippen LogP contribution in [0.2, 0.25) is 13.1 Å². The van der Waals surface area contributed by atoms with Crippen molar-refractivity contribution < 1.29 is 35.5 Å². The van der Waals surface area contributed by atoms with Crippen LogP contribution in [0.15, 0.2) is 91.3 Å². The SMILES string of the molecule is [2H]C([2H])([2H])c1ccc(-c2[c-]cccc2)nc1.[2H]C([2H])([2H])c1cnc(-c2[c-]ccc3c2O[Si](C)(C)c2ccccc2-3)cc1C([2H])([2H])C(C)(C)C.[Ir]. The van der Waals surface area contributed by atoms with Gasteiger partial charge in [0.25, 0.3) is 8.32 Å². The molecule has 5 heteroatoms. The minimum absolute atomic E-state index is 0. The Hall–Kier alpha value is -3.37. The molecule has 0 amide bonds. The van der Waals surface area contributed by atoms with Crippen LogP contribution in [0.4, 0.5) is 0 Å². The summed E-state index contributed by atoms with van der Waals surface area (Å²) in [6.07, 6.45) is 0.779. The number of nitrogens with zero attached hydrogens (tertiary/aromatic N) is 2. The fourth-order valence-electron chi connectivity index (χ4n) is 4.75. The third kappa shape index (κ3) is 7.15. The zero-order valence-corrected chi connectivity index (χ0v) is 27.7. The Bertz CT molecular complexity index is 1960. The van der Waals surface area contributed by atoms with Crippen molar-refractivity contribution in [2.75, 3.05) is 0 Å². The van der Waals surface area contributed by atoms with Crippen molar-refractivity contribution in [3.63, 3.8) is 0 Å². The normalized spacial score (nSPS) is 16.7. The molecule has 1 aliphatic heterocycles. The monoisotopic (exact) mass is 755 g/mol. The Morgan fingerprint density at radius 3 is 2.33 bits per heavy atom. The first-order valence-electron chi connectivity index (χ1n) is 17.5. The molecule has 0 fully saturated rings. The van der Waals surface area contributed by atoms with E-state index in [1.165, 1.54) is 17.6 Å². The predicted octanol–water partition coefficient (Wildman–Crippen LogP) is 8.77. The Morgan fingerprint density at radius 1 is 0.857 bits per heavy atom. The second-order valence-electron chi connectivity index (χ2n) is 11.5. The summed E-state index contributed by atoms with van der Waals surface area (Å²) in [5.74, 6) is 0.671. The van der Waals surface area contributed by atoms with Gasteiger partial charge in [-0.1, -0.05) is 79.9 Å². The second kappa shape index (κ2) is 12.9. The van der Waals surface area contributed by atoms with Crippen molar-refractivity contribution in [3.8, 4) is 39.4 Å². The summed E-state index contributed by atoms with van der Waals surface area (Å²) >= 11 is 0. The molecule has 0 atom stereocenters. The van der Waals surface area contributed by atoms with Crippen LogP contribution in [0.1, 0.15) is 48.4 Å². The van der Waals surface area contributed by atoms with E-state index in [1.54, 1.807) is 45.0 Å². The Balaban J connectivity index is 0.000000277. The third-order valence-corrected chi connectivity index (χ3v) is 9.04. The Morgan fingerprint density at radius 2 is 1.64 bits per heavy atom. The van der Waals surface area contributed by atoms with E-state index < -0.39 is 33.8 Å². The van der Waals surface area contributed by atoms with E-state index in [4.69, 9.17) is 15.4 Å². The van der Waals surface area contributed by atoms with Gasteiger partial charge >= 0.3 is 0 Å². The molecular formula is C37H38IrN2OSi-2. The summed E-state index contributed by atoms with van der Waals surface area (Å²) in [5, 5.41) is 1.21. The molecule has 0 aliphatic carbocycles. The summed E-state index contributed by atoms with van der Waals surface area (Å²) in [6.45, 7) is 5.00. The van der Waals surface area contributed by atoms with Crippen LogP contribution in [0.25, 0.3) is 33.6 Å².